The van der Waals surface area contributed by atoms with Crippen molar-refractivity contribution in [2.24, 2.45) is 0 Å². The number of hydrogen-bond acceptors (Lipinski definition) is 3. The SMILES string of the molecule is CCC(C)NC(=O)C(C)S(=O)c1ccc(F)c(C(=O)O)c1. The van der Waals surface area contributed by atoms with Gasteiger partial charge in [-0.2, -0.15) is 0 Å². The first-order valence-corrected chi connectivity index (χ1v) is 7.73. The number of carboxylic acids is 1. The van der Waals surface area contributed by atoms with Gasteiger partial charge in [0.2, 0.25) is 5.91 Å². The quantitative estimate of drug-likeness (QED) is 0.840. The van der Waals surface area contributed by atoms with Gasteiger partial charge in [-0.05, 0) is 38.5 Å². The zero-order valence-corrected chi connectivity index (χ0v) is 12.9. The summed E-state index contributed by atoms with van der Waals surface area (Å²) >= 11 is 0. The molecule has 1 rings (SSSR count). The zero-order valence-electron chi connectivity index (χ0n) is 12.1. The average Bonchev–Trinajstić information content (AvgIpc) is 2.45. The van der Waals surface area contributed by atoms with E-state index in [0.717, 1.165) is 18.6 Å². The van der Waals surface area contributed by atoms with Crippen LogP contribution in [-0.2, 0) is 15.6 Å². The van der Waals surface area contributed by atoms with E-state index in [2.05, 4.69) is 5.32 Å². The second kappa shape index (κ2) is 7.31. The van der Waals surface area contributed by atoms with Gasteiger partial charge in [0.1, 0.15) is 11.1 Å². The summed E-state index contributed by atoms with van der Waals surface area (Å²) in [7, 11) is -1.75. The van der Waals surface area contributed by atoms with E-state index in [4.69, 9.17) is 5.11 Å². The van der Waals surface area contributed by atoms with Gasteiger partial charge in [-0.3, -0.25) is 9.00 Å². The molecule has 3 unspecified atom stereocenters. The zero-order chi connectivity index (χ0) is 16.2. The molecule has 0 aliphatic rings. The number of carbonyl (C=O) groups excluding carboxylic acids is 1. The third-order valence-corrected chi connectivity index (χ3v) is 4.67. The fourth-order valence-electron chi connectivity index (χ4n) is 1.56. The lowest BCUT2D eigenvalue weighted by Crippen LogP contribution is -2.40. The van der Waals surface area contributed by atoms with Crippen LogP contribution in [0.25, 0.3) is 0 Å². The highest BCUT2D eigenvalue weighted by atomic mass is 32.2. The van der Waals surface area contributed by atoms with Gasteiger partial charge >= 0.3 is 5.97 Å². The molecule has 0 radical (unpaired) electrons. The summed E-state index contributed by atoms with van der Waals surface area (Å²) < 4.78 is 25.6. The van der Waals surface area contributed by atoms with Crippen LogP contribution >= 0.6 is 0 Å². The summed E-state index contributed by atoms with van der Waals surface area (Å²) in [6.07, 6.45) is 0.741. The second-order valence-corrected chi connectivity index (χ2v) is 6.48. The number of aromatic carboxylic acids is 1. The van der Waals surface area contributed by atoms with Crippen molar-refractivity contribution in [1.82, 2.24) is 5.32 Å². The number of carbonyl (C=O) groups is 2. The van der Waals surface area contributed by atoms with Gasteiger partial charge in [-0.25, -0.2) is 9.18 Å². The van der Waals surface area contributed by atoms with Crippen molar-refractivity contribution < 1.29 is 23.3 Å². The molecule has 0 aliphatic heterocycles. The normalized spacial score (nSPS) is 15.0. The molecule has 1 aromatic rings. The molecule has 7 heteroatoms. The van der Waals surface area contributed by atoms with Crippen molar-refractivity contribution in [2.45, 2.75) is 43.4 Å². The highest BCUT2D eigenvalue weighted by Gasteiger charge is 2.23. The monoisotopic (exact) mass is 315 g/mol. The van der Waals surface area contributed by atoms with Crippen molar-refractivity contribution >= 4 is 22.7 Å². The van der Waals surface area contributed by atoms with E-state index in [-0.39, 0.29) is 16.8 Å². The number of hydrogen-bond donors (Lipinski definition) is 2. The van der Waals surface area contributed by atoms with Gasteiger partial charge in [0.15, 0.2) is 0 Å². The minimum atomic E-state index is -1.75. The second-order valence-electron chi connectivity index (χ2n) is 4.70. The summed E-state index contributed by atoms with van der Waals surface area (Å²) in [4.78, 5) is 22.9. The first-order chi connectivity index (χ1) is 9.77. The summed E-state index contributed by atoms with van der Waals surface area (Å²) in [6.45, 7) is 5.22. The van der Waals surface area contributed by atoms with Crippen LogP contribution in [0.2, 0.25) is 0 Å². The Labute approximate surface area is 125 Å². The van der Waals surface area contributed by atoms with Gasteiger partial charge in [0, 0.05) is 10.9 Å². The Bertz CT molecular complexity index is 576. The molecule has 0 saturated heterocycles. The summed E-state index contributed by atoms with van der Waals surface area (Å²) in [5.74, 6) is -2.73. The van der Waals surface area contributed by atoms with E-state index in [0.29, 0.717) is 0 Å². The smallest absolute Gasteiger partial charge is 0.338 e. The van der Waals surface area contributed by atoms with E-state index in [1.165, 1.54) is 13.0 Å². The van der Waals surface area contributed by atoms with Crippen LogP contribution in [0.4, 0.5) is 4.39 Å². The molecule has 0 bridgehead atoms. The number of rotatable bonds is 6. The van der Waals surface area contributed by atoms with Crippen LogP contribution in [0.15, 0.2) is 23.1 Å². The molecule has 0 spiro atoms. The molecule has 0 fully saturated rings. The van der Waals surface area contributed by atoms with Gasteiger partial charge < -0.3 is 10.4 Å². The molecule has 1 aromatic carbocycles. The summed E-state index contributed by atoms with van der Waals surface area (Å²) in [5.41, 5.74) is -0.560. The Balaban J connectivity index is 2.95. The van der Waals surface area contributed by atoms with Gasteiger partial charge in [-0.15, -0.1) is 0 Å². The van der Waals surface area contributed by atoms with Crippen LogP contribution in [0.5, 0.6) is 0 Å². The predicted octanol–water partition coefficient (Wildman–Crippen LogP) is 1.93. The Kier molecular flexibility index (Phi) is 6.02. The number of amides is 1. The maximum atomic E-state index is 13.3. The van der Waals surface area contributed by atoms with Crippen molar-refractivity contribution in [3.63, 3.8) is 0 Å². The van der Waals surface area contributed by atoms with Crippen LogP contribution in [0.3, 0.4) is 0 Å². The first-order valence-electron chi connectivity index (χ1n) is 6.51. The van der Waals surface area contributed by atoms with E-state index < -0.39 is 33.4 Å². The molecule has 116 valence electrons. The lowest BCUT2D eigenvalue weighted by atomic mass is 10.2. The van der Waals surface area contributed by atoms with Gasteiger partial charge in [0.25, 0.3) is 0 Å². The van der Waals surface area contributed by atoms with Crippen molar-refractivity contribution in [2.75, 3.05) is 0 Å². The summed E-state index contributed by atoms with van der Waals surface area (Å²) in [5, 5.41) is 10.7. The Hall–Kier alpha value is -1.76. The molecular formula is C14H18FNO4S. The topological polar surface area (TPSA) is 83.5 Å². The van der Waals surface area contributed by atoms with Crippen LogP contribution < -0.4 is 5.32 Å². The molecule has 5 nitrogen and oxygen atoms in total. The molecule has 0 aromatic heterocycles. The molecule has 2 N–H and O–H groups in total. The largest absolute Gasteiger partial charge is 0.478 e. The van der Waals surface area contributed by atoms with Crippen molar-refractivity contribution in [1.29, 1.82) is 0 Å². The highest BCUT2D eigenvalue weighted by molar-refractivity contribution is 7.86. The van der Waals surface area contributed by atoms with E-state index in [1.54, 1.807) is 0 Å². The summed E-state index contributed by atoms with van der Waals surface area (Å²) in [6, 6.07) is 3.13. The maximum Gasteiger partial charge on any atom is 0.338 e. The lowest BCUT2D eigenvalue weighted by Gasteiger charge is -2.16. The third-order valence-electron chi connectivity index (χ3n) is 3.09. The van der Waals surface area contributed by atoms with E-state index >= 15 is 0 Å². The number of halogens is 1. The number of nitrogens with one attached hydrogen (secondary N) is 1. The molecule has 21 heavy (non-hydrogen) atoms. The lowest BCUT2D eigenvalue weighted by molar-refractivity contribution is -0.120. The van der Waals surface area contributed by atoms with E-state index in [9.17, 15) is 18.2 Å². The standard InChI is InChI=1S/C14H18FNO4S/c1-4-8(2)16-13(17)9(3)21(20)10-5-6-12(15)11(7-10)14(18)19/h5-9H,4H2,1-3H3,(H,16,17)(H,18,19). The fourth-order valence-corrected chi connectivity index (χ4v) is 2.66. The molecule has 0 heterocycles. The Morgan fingerprint density at radius 1 is 1.38 bits per heavy atom. The van der Waals surface area contributed by atoms with Crippen LogP contribution in [-0.4, -0.2) is 32.5 Å². The van der Waals surface area contributed by atoms with Crippen LogP contribution in [0, 0.1) is 5.82 Å². The average molecular weight is 315 g/mol. The molecule has 3 atom stereocenters. The van der Waals surface area contributed by atoms with Crippen molar-refractivity contribution in [3.05, 3.63) is 29.6 Å². The first kappa shape index (κ1) is 17.3. The molecular weight excluding hydrogens is 297 g/mol. The molecule has 1 amide bonds. The van der Waals surface area contributed by atoms with Crippen molar-refractivity contribution in [3.8, 4) is 0 Å². The Morgan fingerprint density at radius 3 is 2.52 bits per heavy atom. The van der Waals surface area contributed by atoms with Gasteiger partial charge in [0.05, 0.1) is 16.4 Å². The predicted molar refractivity (Wildman–Crippen MR) is 77.1 cm³/mol. The molecule has 0 aliphatic carbocycles. The van der Waals surface area contributed by atoms with Crippen LogP contribution in [0.1, 0.15) is 37.6 Å². The maximum absolute atomic E-state index is 13.3. The third kappa shape index (κ3) is 4.35. The number of carboxylic acid groups (broad SMARTS) is 1. The van der Waals surface area contributed by atoms with E-state index in [1.807, 2.05) is 13.8 Å². The minimum absolute atomic E-state index is 0.0419. The number of benzene rings is 1. The van der Waals surface area contributed by atoms with Gasteiger partial charge in [-0.1, -0.05) is 6.92 Å². The highest BCUT2D eigenvalue weighted by Crippen LogP contribution is 2.17. The molecule has 0 saturated carbocycles. The fraction of sp³-hybridized carbons (Fsp3) is 0.429. The minimum Gasteiger partial charge on any atom is -0.478 e. The Morgan fingerprint density at radius 2 is 2.00 bits per heavy atom.